The molecule has 0 unspecified atom stereocenters. The average molecular weight is 518 g/mol. The largest absolute Gasteiger partial charge is 0.453 e. The van der Waals surface area contributed by atoms with Gasteiger partial charge in [-0.15, -0.1) is 0 Å². The van der Waals surface area contributed by atoms with Gasteiger partial charge in [0.05, 0.1) is 6.54 Å². The van der Waals surface area contributed by atoms with Crippen LogP contribution in [0.25, 0.3) is 0 Å². The van der Waals surface area contributed by atoms with Crippen molar-refractivity contribution in [3.05, 3.63) is 91.8 Å². The zero-order chi connectivity index (χ0) is 23.5. The monoisotopic (exact) mass is 517 g/mol. The van der Waals surface area contributed by atoms with E-state index < -0.39 is 11.6 Å². The number of hydrogen-bond acceptors (Lipinski definition) is 4. The van der Waals surface area contributed by atoms with Crippen molar-refractivity contribution in [2.24, 2.45) is 0 Å². The Bertz CT molecular complexity index is 1240. The number of rotatable bonds is 5. The van der Waals surface area contributed by atoms with Crippen molar-refractivity contribution in [1.29, 1.82) is 0 Å². The summed E-state index contributed by atoms with van der Waals surface area (Å²) in [7, 11) is 0. The van der Waals surface area contributed by atoms with Crippen molar-refractivity contribution in [3.8, 4) is 11.5 Å². The van der Waals surface area contributed by atoms with Gasteiger partial charge in [-0.3, -0.25) is 9.59 Å². The number of halogens is 3. The predicted molar refractivity (Wildman–Crippen MR) is 124 cm³/mol. The molecule has 4 rings (SSSR count). The third kappa shape index (κ3) is 5.15. The first-order valence-electron chi connectivity index (χ1n) is 10.5. The summed E-state index contributed by atoms with van der Waals surface area (Å²) < 4.78 is 34.3. The Morgan fingerprint density at radius 1 is 1.06 bits per heavy atom. The highest BCUT2D eigenvalue weighted by molar-refractivity contribution is 9.10. The molecule has 1 fully saturated rings. The van der Waals surface area contributed by atoms with E-state index in [0.717, 1.165) is 24.7 Å². The molecular formula is C24H22BrF2N3O3. The molecule has 1 saturated heterocycles. The number of aryl methyl sites for hydroxylation is 1. The van der Waals surface area contributed by atoms with Gasteiger partial charge >= 0.3 is 0 Å². The number of amides is 1. The number of carbonyl (C=O) groups is 1. The van der Waals surface area contributed by atoms with Crippen LogP contribution in [0.3, 0.4) is 0 Å². The lowest BCUT2D eigenvalue weighted by molar-refractivity contribution is 0.0736. The molecule has 1 aromatic heterocycles. The van der Waals surface area contributed by atoms with Gasteiger partial charge in [-0.1, -0.05) is 12.1 Å². The van der Waals surface area contributed by atoms with E-state index in [1.807, 2.05) is 17.0 Å². The van der Waals surface area contributed by atoms with Gasteiger partial charge in [-0.05, 0) is 52.7 Å². The van der Waals surface area contributed by atoms with Crippen molar-refractivity contribution < 1.29 is 18.3 Å². The molecule has 0 aliphatic carbocycles. The van der Waals surface area contributed by atoms with Crippen LogP contribution in [0, 0.1) is 18.6 Å². The Hall–Kier alpha value is -3.04. The van der Waals surface area contributed by atoms with Crippen molar-refractivity contribution in [2.75, 3.05) is 26.2 Å². The first kappa shape index (κ1) is 23.1. The zero-order valence-electron chi connectivity index (χ0n) is 17.9. The summed E-state index contributed by atoms with van der Waals surface area (Å²) in [5.74, 6) is -1.63. The Kier molecular flexibility index (Phi) is 6.90. The van der Waals surface area contributed by atoms with Gasteiger partial charge in [0.15, 0.2) is 11.6 Å². The number of hydrogen-bond donors (Lipinski definition) is 1. The summed E-state index contributed by atoms with van der Waals surface area (Å²) in [6.07, 6.45) is 0. The van der Waals surface area contributed by atoms with E-state index in [9.17, 15) is 18.4 Å². The highest BCUT2D eigenvalue weighted by atomic mass is 79.9. The molecule has 172 valence electrons. The minimum absolute atomic E-state index is 0.00586. The summed E-state index contributed by atoms with van der Waals surface area (Å²) in [4.78, 5) is 27.4. The summed E-state index contributed by atoms with van der Waals surface area (Å²) in [5, 5.41) is 3.22. The number of nitrogens with zero attached hydrogens (tertiary/aromatic N) is 2. The molecule has 6 nitrogen and oxygen atoms in total. The number of nitrogens with one attached hydrogen (secondary N) is 1. The van der Waals surface area contributed by atoms with E-state index in [-0.39, 0.29) is 34.0 Å². The fourth-order valence-electron chi connectivity index (χ4n) is 3.65. The van der Waals surface area contributed by atoms with Gasteiger partial charge in [0.2, 0.25) is 0 Å². The van der Waals surface area contributed by atoms with E-state index in [0.29, 0.717) is 30.4 Å². The van der Waals surface area contributed by atoms with E-state index in [1.165, 1.54) is 6.07 Å². The molecule has 2 heterocycles. The summed E-state index contributed by atoms with van der Waals surface area (Å²) in [6.45, 7) is 4.96. The number of aromatic nitrogens is 1. The SMILES string of the molecule is Cc1cc(Oc2ccc(F)cc2F)c(Br)c(=O)n1Cc1ccc(C(=O)N2CCNCC2)cc1. The molecule has 1 aliphatic rings. The molecule has 1 amide bonds. The lowest BCUT2D eigenvalue weighted by Gasteiger charge is -2.27. The lowest BCUT2D eigenvalue weighted by Crippen LogP contribution is -2.46. The van der Waals surface area contributed by atoms with Crippen LogP contribution in [0.15, 0.2) is 57.8 Å². The molecule has 0 radical (unpaired) electrons. The van der Waals surface area contributed by atoms with Crippen molar-refractivity contribution in [3.63, 3.8) is 0 Å². The first-order valence-corrected chi connectivity index (χ1v) is 11.2. The number of piperazine rings is 1. The standard InChI is InChI=1S/C24H22BrF2N3O3/c1-15-12-21(33-20-7-6-18(26)13-19(20)27)22(25)24(32)30(15)14-16-2-4-17(5-3-16)23(31)29-10-8-28-9-11-29/h2-7,12-13,28H,8-11,14H2,1H3. The fraction of sp³-hybridized carbons (Fsp3) is 0.250. The maximum absolute atomic E-state index is 14.0. The second-order valence-electron chi connectivity index (χ2n) is 7.77. The van der Waals surface area contributed by atoms with E-state index in [2.05, 4.69) is 21.2 Å². The molecule has 0 spiro atoms. The Labute approximate surface area is 197 Å². The minimum atomic E-state index is -0.862. The van der Waals surface area contributed by atoms with E-state index in [4.69, 9.17) is 4.74 Å². The van der Waals surface area contributed by atoms with Gasteiger partial charge in [-0.25, -0.2) is 8.78 Å². The minimum Gasteiger partial charge on any atom is -0.453 e. The lowest BCUT2D eigenvalue weighted by atomic mass is 10.1. The van der Waals surface area contributed by atoms with Crippen molar-refractivity contribution in [2.45, 2.75) is 13.5 Å². The Balaban J connectivity index is 1.53. The van der Waals surface area contributed by atoms with Crippen LogP contribution >= 0.6 is 15.9 Å². The normalized spacial score (nSPS) is 13.8. The van der Waals surface area contributed by atoms with Crippen LogP contribution in [-0.4, -0.2) is 41.6 Å². The third-order valence-electron chi connectivity index (χ3n) is 5.47. The fourth-order valence-corrected chi connectivity index (χ4v) is 4.06. The highest BCUT2D eigenvalue weighted by Gasteiger charge is 2.18. The second-order valence-corrected chi connectivity index (χ2v) is 8.56. The van der Waals surface area contributed by atoms with Crippen LogP contribution in [0.4, 0.5) is 8.78 Å². The second kappa shape index (κ2) is 9.84. The average Bonchev–Trinajstić information content (AvgIpc) is 2.82. The molecule has 1 N–H and O–H groups in total. The zero-order valence-corrected chi connectivity index (χ0v) is 19.5. The molecule has 2 aromatic carbocycles. The van der Waals surface area contributed by atoms with Gasteiger partial charge in [0.25, 0.3) is 11.5 Å². The van der Waals surface area contributed by atoms with E-state index in [1.54, 1.807) is 29.7 Å². The molecule has 1 aliphatic heterocycles. The summed E-state index contributed by atoms with van der Waals surface area (Å²) in [6, 6.07) is 11.8. The highest BCUT2D eigenvalue weighted by Crippen LogP contribution is 2.30. The van der Waals surface area contributed by atoms with Crippen LogP contribution < -0.4 is 15.6 Å². The van der Waals surface area contributed by atoms with Crippen LogP contribution in [0.1, 0.15) is 21.6 Å². The van der Waals surface area contributed by atoms with Gasteiger partial charge in [-0.2, -0.15) is 0 Å². The Morgan fingerprint density at radius 3 is 2.42 bits per heavy atom. The number of benzene rings is 2. The van der Waals surface area contributed by atoms with Gasteiger partial charge < -0.3 is 19.5 Å². The summed E-state index contributed by atoms with van der Waals surface area (Å²) >= 11 is 3.24. The van der Waals surface area contributed by atoms with Crippen molar-refractivity contribution in [1.82, 2.24) is 14.8 Å². The van der Waals surface area contributed by atoms with Crippen LogP contribution in [0.5, 0.6) is 11.5 Å². The number of ether oxygens (including phenoxy) is 1. The molecule has 33 heavy (non-hydrogen) atoms. The molecule has 9 heteroatoms. The maximum atomic E-state index is 14.0. The Morgan fingerprint density at radius 2 is 1.76 bits per heavy atom. The maximum Gasteiger partial charge on any atom is 0.269 e. The predicted octanol–water partition coefficient (Wildman–Crippen LogP) is 4.08. The van der Waals surface area contributed by atoms with Crippen molar-refractivity contribution >= 4 is 21.8 Å². The molecule has 0 atom stereocenters. The summed E-state index contributed by atoms with van der Waals surface area (Å²) in [5.41, 5.74) is 1.70. The molecule has 0 saturated carbocycles. The molecule has 0 bridgehead atoms. The van der Waals surface area contributed by atoms with E-state index >= 15 is 0 Å². The third-order valence-corrected chi connectivity index (χ3v) is 6.20. The first-order chi connectivity index (χ1) is 15.8. The smallest absolute Gasteiger partial charge is 0.269 e. The van der Waals surface area contributed by atoms with Crippen LogP contribution in [-0.2, 0) is 6.54 Å². The molecule has 3 aromatic rings. The van der Waals surface area contributed by atoms with Gasteiger partial charge in [0.1, 0.15) is 16.0 Å². The number of carbonyl (C=O) groups excluding carboxylic acids is 1. The van der Waals surface area contributed by atoms with Gasteiger partial charge in [0, 0.05) is 49.6 Å². The van der Waals surface area contributed by atoms with Crippen LogP contribution in [0.2, 0.25) is 0 Å². The topological polar surface area (TPSA) is 63.6 Å². The number of pyridine rings is 1. The molecular weight excluding hydrogens is 496 g/mol. The quantitative estimate of drug-likeness (QED) is 0.553.